The van der Waals surface area contributed by atoms with Gasteiger partial charge in [-0.1, -0.05) is 43.8 Å². The van der Waals surface area contributed by atoms with E-state index in [4.69, 9.17) is 23.4 Å². The fourth-order valence-corrected chi connectivity index (χ4v) is 13.0. The van der Waals surface area contributed by atoms with Gasteiger partial charge in [0.1, 0.15) is 52.6 Å². The van der Waals surface area contributed by atoms with Crippen LogP contribution in [0.5, 0.6) is 23.0 Å². The zero-order valence-electron chi connectivity index (χ0n) is 46.2. The highest BCUT2D eigenvalue weighted by molar-refractivity contribution is 5.90. The van der Waals surface area contributed by atoms with Crippen LogP contribution < -0.4 is 20.8 Å². The molecule has 13 atom stereocenters. The van der Waals surface area contributed by atoms with Gasteiger partial charge < -0.3 is 105 Å². The molecule has 0 amide bonds. The first-order chi connectivity index (χ1) is 40.8. The first-order valence-corrected chi connectivity index (χ1v) is 27.8. The Balaban J connectivity index is 1.22. The number of aliphatic carboxylic acids is 1. The highest BCUT2D eigenvalue weighted by Gasteiger charge is 2.78. The number of fused-ring (bicyclic) bond motifs is 7. The van der Waals surface area contributed by atoms with Crippen LogP contribution in [0.15, 0.2) is 80.3 Å². The standard InChI is InChI=1S/C60H63N3O23/c1-3-37-35(21-34-27(2)7-13-62-52(34)63-37)36-19-32-20-38-29(8-14-61-38)6-4-10-55(79)48(72)50(74)59(32,83-43-23-42-45(47(71)44(36)43)39(68)22-41(82-42)31-17-30(9-15-64)46(70)40(69)18-31)86-57(55)12-5-11-56(53(76)77)60(80,81)51(75)49(73)58(85-56,84-54(57)78)24-28(25-65)16-33(67)26-66/h8,14,17-19,21-23,27-28,36,48-52,61-66,69-75,79-81H,3,7,9-10,12-13,15-16,20,24-26H2,1-2H3,(H,76,77). The number of nitrogens with one attached hydrogen (secondary N) is 3. The van der Waals surface area contributed by atoms with E-state index in [9.17, 15) is 85.9 Å². The maximum Gasteiger partial charge on any atom is 0.354 e. The van der Waals surface area contributed by atoms with E-state index < -0.39 is 179 Å². The van der Waals surface area contributed by atoms with Gasteiger partial charge in [0.05, 0.1) is 12.6 Å². The molecule has 456 valence electrons. The Kier molecular flexibility index (Phi) is 15.1. The molecule has 13 unspecified atom stereocenters. The average Bonchev–Trinajstić information content (AvgIpc) is 1.23. The van der Waals surface area contributed by atoms with Gasteiger partial charge in [0.15, 0.2) is 34.9 Å². The molecule has 4 aromatic rings. The number of carboxylic acids is 1. The van der Waals surface area contributed by atoms with Crippen LogP contribution in [0.1, 0.15) is 80.7 Å². The maximum absolute atomic E-state index is 16.1. The van der Waals surface area contributed by atoms with E-state index in [2.05, 4.69) is 33.4 Å². The van der Waals surface area contributed by atoms with Crippen LogP contribution in [0.25, 0.3) is 22.3 Å². The summed E-state index contributed by atoms with van der Waals surface area (Å²) in [4.78, 5) is 60.2. The van der Waals surface area contributed by atoms with Crippen LogP contribution in [0.4, 0.5) is 0 Å². The Morgan fingerprint density at radius 3 is 2.38 bits per heavy atom. The number of piperidine rings is 1. The van der Waals surface area contributed by atoms with Crippen LogP contribution in [-0.2, 0) is 41.4 Å². The number of allylic oxidation sites excluding steroid dienone is 4. The van der Waals surface area contributed by atoms with E-state index in [0.29, 0.717) is 30.7 Å². The highest BCUT2D eigenvalue weighted by atomic mass is 16.8. The van der Waals surface area contributed by atoms with E-state index in [1.54, 1.807) is 6.07 Å². The van der Waals surface area contributed by atoms with Crippen LogP contribution in [0.2, 0.25) is 0 Å². The second kappa shape index (κ2) is 21.6. The number of H-pyrrole nitrogens is 1. The lowest BCUT2D eigenvalue weighted by Gasteiger charge is -2.58. The van der Waals surface area contributed by atoms with E-state index in [-0.39, 0.29) is 57.8 Å². The first-order valence-electron chi connectivity index (χ1n) is 27.8. The normalized spacial score (nSPS) is 32.8. The number of carbonyl (C=O) groups is 3. The number of rotatable bonds is 12. The molecule has 2 aromatic carbocycles. The van der Waals surface area contributed by atoms with E-state index in [0.717, 1.165) is 23.8 Å². The number of phenols is 3. The predicted molar refractivity (Wildman–Crippen MR) is 293 cm³/mol. The molecule has 3 fully saturated rings. The first kappa shape index (κ1) is 60.1. The lowest BCUT2D eigenvalue weighted by atomic mass is 9.67. The number of ether oxygens (including phenoxy) is 4. The number of aliphatic hydroxyl groups is 10. The SMILES string of the molecule is CCC1=C(C2C=C3Cc4[nH]ccc4C#CCC4(O)C(O)C(O)C3(Oc3cc5oc(-c6cc(O)c(O)c(CCO)c6)cc(=O)c5c(O)c32)OC42CC#CC3(C(=O)O)OC(CC(CO)CC(=O)CO)(OC2=O)C(O)C(O)C3(O)O)C=C2C(C)CCNC2N1. The van der Waals surface area contributed by atoms with Gasteiger partial charge in [0, 0.05) is 102 Å². The summed E-state index contributed by atoms with van der Waals surface area (Å²) in [5, 5.41) is 168. The molecule has 2 aromatic heterocycles. The Labute approximate surface area is 487 Å². The fraction of sp³-hybridized carbons (Fsp3) is 0.467. The summed E-state index contributed by atoms with van der Waals surface area (Å²) in [6.07, 6.45) is -10.8. The summed E-state index contributed by atoms with van der Waals surface area (Å²) in [5.74, 6) is -11.7. The van der Waals surface area contributed by atoms with Crippen molar-refractivity contribution in [3.8, 4) is 58.0 Å². The number of phenolic OH excluding ortho intramolecular Hbond substituents is 3. The summed E-state index contributed by atoms with van der Waals surface area (Å²) in [6, 6.07) is 6.14. The van der Waals surface area contributed by atoms with Gasteiger partial charge in [-0.3, -0.25) is 14.9 Å². The van der Waals surface area contributed by atoms with Gasteiger partial charge in [0.25, 0.3) is 11.4 Å². The molecule has 2 spiro atoms. The number of Topliss-reactive ketones (excluding diaryl/α,β-unsaturated/α-hetero) is 1. The number of carboxylic acid groups (broad SMARTS) is 1. The molecule has 26 nitrogen and oxygen atoms in total. The van der Waals surface area contributed by atoms with Crippen molar-refractivity contribution in [3.63, 3.8) is 0 Å². The lowest BCUT2D eigenvalue weighted by Crippen LogP contribution is -2.81. The molecular weight excluding hydrogens is 1130 g/mol. The lowest BCUT2D eigenvalue weighted by molar-refractivity contribution is -0.434. The van der Waals surface area contributed by atoms with Crippen molar-refractivity contribution >= 4 is 28.7 Å². The predicted octanol–water partition coefficient (Wildman–Crippen LogP) is -1.24. The number of benzene rings is 2. The number of hydrogen-bond donors (Lipinski definition) is 17. The number of esters is 1. The summed E-state index contributed by atoms with van der Waals surface area (Å²) in [5.41, 5.74) is -9.78. The van der Waals surface area contributed by atoms with Crippen molar-refractivity contribution in [2.24, 2.45) is 11.8 Å². The number of carbonyl (C=O) groups excluding carboxylic acids is 2. The average molecular weight is 1190 g/mol. The van der Waals surface area contributed by atoms with Crippen molar-refractivity contribution < 1.29 is 109 Å². The van der Waals surface area contributed by atoms with Crippen molar-refractivity contribution in [2.75, 3.05) is 26.4 Å². The Morgan fingerprint density at radius 1 is 0.907 bits per heavy atom. The minimum absolute atomic E-state index is 0.0158. The van der Waals surface area contributed by atoms with Crippen LogP contribution in [0.3, 0.4) is 0 Å². The number of ketones is 1. The number of aliphatic hydroxyl groups excluding tert-OH is 7. The molecule has 12 rings (SSSR count). The zero-order valence-corrected chi connectivity index (χ0v) is 46.2. The highest BCUT2D eigenvalue weighted by Crippen LogP contribution is 2.58. The Hall–Kier alpha value is -7.64. The van der Waals surface area contributed by atoms with Gasteiger partial charge in [-0.2, -0.15) is 0 Å². The zero-order chi connectivity index (χ0) is 61.8. The smallest absolute Gasteiger partial charge is 0.354 e. The topological polar surface area (TPSA) is 441 Å². The summed E-state index contributed by atoms with van der Waals surface area (Å²) < 4.78 is 32.3. The molecular formula is C60H63N3O23. The van der Waals surface area contributed by atoms with Crippen molar-refractivity contribution in [3.05, 3.63) is 104 Å². The van der Waals surface area contributed by atoms with Gasteiger partial charge in [-0.15, -0.1) is 0 Å². The minimum Gasteiger partial charge on any atom is -0.507 e. The van der Waals surface area contributed by atoms with Crippen molar-refractivity contribution in [2.45, 2.75) is 136 Å². The third kappa shape index (κ3) is 9.01. The molecule has 26 heteroatoms. The molecule has 3 saturated heterocycles. The molecule has 9 heterocycles. The van der Waals surface area contributed by atoms with Crippen LogP contribution in [0, 0.1) is 35.5 Å². The van der Waals surface area contributed by atoms with Crippen LogP contribution >= 0.6 is 0 Å². The van der Waals surface area contributed by atoms with Gasteiger partial charge in [-0.05, 0) is 72.9 Å². The third-order valence-electron chi connectivity index (χ3n) is 17.7. The molecule has 8 aliphatic rings. The summed E-state index contributed by atoms with van der Waals surface area (Å²) in [7, 11) is 0. The van der Waals surface area contributed by atoms with Gasteiger partial charge in [-0.25, -0.2) is 9.59 Å². The molecule has 0 radical (unpaired) electrons. The maximum atomic E-state index is 16.1. The van der Waals surface area contributed by atoms with Gasteiger partial charge >= 0.3 is 11.9 Å². The fourth-order valence-electron chi connectivity index (χ4n) is 13.0. The van der Waals surface area contributed by atoms with E-state index in [1.165, 1.54) is 18.3 Å². The minimum atomic E-state index is -4.12. The number of aromatic nitrogens is 1. The quantitative estimate of drug-likeness (QED) is 0.0259. The number of aromatic amines is 1. The Morgan fingerprint density at radius 2 is 1.67 bits per heavy atom. The summed E-state index contributed by atoms with van der Waals surface area (Å²) >= 11 is 0. The molecule has 1 aliphatic carbocycles. The van der Waals surface area contributed by atoms with Gasteiger partial charge in [0.2, 0.25) is 17.2 Å². The van der Waals surface area contributed by atoms with Crippen LogP contribution in [-0.4, -0.2) is 185 Å². The summed E-state index contributed by atoms with van der Waals surface area (Å²) in [6.45, 7) is 1.91. The molecule has 0 saturated carbocycles. The third-order valence-corrected chi connectivity index (χ3v) is 17.7. The number of hydrogen-bond acceptors (Lipinski definition) is 24. The second-order valence-electron chi connectivity index (χ2n) is 22.9. The number of dihydropyridines is 1. The molecule has 17 N–H and O–H groups in total. The Bertz CT molecular complexity index is 3790. The van der Waals surface area contributed by atoms with Crippen molar-refractivity contribution in [1.29, 1.82) is 0 Å². The van der Waals surface area contributed by atoms with E-state index in [1.807, 2.05) is 25.8 Å². The molecule has 86 heavy (non-hydrogen) atoms. The van der Waals surface area contributed by atoms with E-state index >= 15 is 4.79 Å². The molecule has 4 bridgehead atoms. The second-order valence-corrected chi connectivity index (χ2v) is 22.9. The van der Waals surface area contributed by atoms with Crippen molar-refractivity contribution in [1.82, 2.24) is 15.6 Å². The largest absolute Gasteiger partial charge is 0.507 e. The number of aromatic hydroxyl groups is 3. The molecule has 7 aliphatic heterocycles. The monoisotopic (exact) mass is 1190 g/mol.